The Hall–Kier alpha value is -1.80. The van der Waals surface area contributed by atoms with Gasteiger partial charge < -0.3 is 9.47 Å². The van der Waals surface area contributed by atoms with Crippen LogP contribution in [0.4, 0.5) is 4.79 Å². The Balaban J connectivity index is 2.12. The fourth-order valence-corrected chi connectivity index (χ4v) is 3.45. The Morgan fingerprint density at radius 3 is 2.69 bits per heavy atom. The number of ether oxygens (including phenoxy) is 2. The minimum absolute atomic E-state index is 0.199. The van der Waals surface area contributed by atoms with Crippen LogP contribution in [0, 0.1) is 5.92 Å². The molecule has 2 rings (SSSR count). The van der Waals surface area contributed by atoms with E-state index in [1.165, 1.54) is 0 Å². The average molecular weight is 442 g/mol. The van der Waals surface area contributed by atoms with Gasteiger partial charge in [-0.05, 0) is 64.3 Å². The Morgan fingerprint density at radius 1 is 1.35 bits per heavy atom. The largest absolute Gasteiger partial charge is 0.492 e. The van der Waals surface area contributed by atoms with Crippen molar-refractivity contribution >= 4 is 50.9 Å². The third-order valence-electron chi connectivity index (χ3n) is 3.29. The zero-order valence-corrected chi connectivity index (χ0v) is 17.2. The molecule has 1 fully saturated rings. The van der Waals surface area contributed by atoms with Crippen LogP contribution in [0.3, 0.4) is 0 Å². The Morgan fingerprint density at radius 2 is 2.08 bits per heavy atom. The highest BCUT2D eigenvalue weighted by atomic mass is 79.9. The van der Waals surface area contributed by atoms with Crippen LogP contribution in [0.5, 0.6) is 5.75 Å². The fraction of sp³-hybridized carbons (Fsp3) is 0.389. The number of thioether (sulfide) groups is 1. The van der Waals surface area contributed by atoms with Crippen LogP contribution in [-0.4, -0.2) is 41.8 Å². The molecule has 0 saturated carbocycles. The zero-order valence-electron chi connectivity index (χ0n) is 14.8. The molecule has 1 aliphatic rings. The molecule has 0 aromatic heterocycles. The number of carbonyl (C=O) groups is 3. The lowest BCUT2D eigenvalue weighted by atomic mass is 10.2. The lowest BCUT2D eigenvalue weighted by Crippen LogP contribution is -2.34. The van der Waals surface area contributed by atoms with E-state index in [0.29, 0.717) is 18.3 Å². The normalized spacial score (nSPS) is 15.9. The van der Waals surface area contributed by atoms with Gasteiger partial charge in [-0.25, -0.2) is 0 Å². The minimum Gasteiger partial charge on any atom is -0.492 e. The van der Waals surface area contributed by atoms with Crippen molar-refractivity contribution in [3.8, 4) is 5.75 Å². The summed E-state index contributed by atoms with van der Waals surface area (Å²) in [6.07, 6.45) is 1.62. The second-order valence-electron chi connectivity index (χ2n) is 5.97. The van der Waals surface area contributed by atoms with Crippen molar-refractivity contribution in [3.05, 3.63) is 33.1 Å². The van der Waals surface area contributed by atoms with Crippen molar-refractivity contribution in [1.82, 2.24) is 4.90 Å². The SMILES string of the molecule is CCOC(=O)CN1C(=O)S/C(=C/c2ccc(OCC(C)C)c(Br)c2)C1=O. The smallest absolute Gasteiger partial charge is 0.326 e. The molecule has 0 radical (unpaired) electrons. The molecule has 6 nitrogen and oxygen atoms in total. The lowest BCUT2D eigenvalue weighted by Gasteiger charge is -2.11. The molecule has 0 unspecified atom stereocenters. The van der Waals surface area contributed by atoms with Gasteiger partial charge in [0, 0.05) is 0 Å². The summed E-state index contributed by atoms with van der Waals surface area (Å²) in [5.74, 6) is 0.0219. The van der Waals surface area contributed by atoms with Gasteiger partial charge in [0.05, 0.1) is 22.6 Å². The third kappa shape index (κ3) is 5.35. The van der Waals surface area contributed by atoms with Gasteiger partial charge >= 0.3 is 5.97 Å². The minimum atomic E-state index is -0.606. The number of esters is 1. The van der Waals surface area contributed by atoms with E-state index in [1.54, 1.807) is 25.1 Å². The van der Waals surface area contributed by atoms with E-state index < -0.39 is 17.1 Å². The van der Waals surface area contributed by atoms with E-state index >= 15 is 0 Å². The molecular weight excluding hydrogens is 422 g/mol. The molecule has 0 atom stereocenters. The van der Waals surface area contributed by atoms with Crippen molar-refractivity contribution in [1.29, 1.82) is 0 Å². The zero-order chi connectivity index (χ0) is 19.3. The summed E-state index contributed by atoms with van der Waals surface area (Å²) >= 11 is 4.26. The molecule has 1 saturated heterocycles. The van der Waals surface area contributed by atoms with Gasteiger partial charge in [-0.2, -0.15) is 0 Å². The van der Waals surface area contributed by atoms with Gasteiger partial charge in [0.25, 0.3) is 11.1 Å². The van der Waals surface area contributed by atoms with Crippen LogP contribution in [0.1, 0.15) is 26.3 Å². The highest BCUT2D eigenvalue weighted by Crippen LogP contribution is 2.33. The number of halogens is 1. The molecular formula is C18H20BrNO5S. The second kappa shape index (κ2) is 9.23. The number of hydrogen-bond donors (Lipinski definition) is 0. The molecule has 0 N–H and O–H groups in total. The highest BCUT2D eigenvalue weighted by Gasteiger charge is 2.36. The maximum absolute atomic E-state index is 12.4. The summed E-state index contributed by atoms with van der Waals surface area (Å²) in [5, 5.41) is -0.481. The average Bonchev–Trinajstić information content (AvgIpc) is 2.82. The summed E-state index contributed by atoms with van der Waals surface area (Å²) < 4.78 is 11.2. The molecule has 1 aromatic carbocycles. The predicted molar refractivity (Wildman–Crippen MR) is 104 cm³/mol. The van der Waals surface area contributed by atoms with Crippen molar-refractivity contribution in [3.63, 3.8) is 0 Å². The van der Waals surface area contributed by atoms with Crippen molar-refractivity contribution in [2.45, 2.75) is 20.8 Å². The first-order valence-corrected chi connectivity index (χ1v) is 9.76. The van der Waals surface area contributed by atoms with Crippen LogP contribution < -0.4 is 4.74 Å². The Kier molecular flexibility index (Phi) is 7.28. The first-order valence-electron chi connectivity index (χ1n) is 8.15. The monoisotopic (exact) mass is 441 g/mol. The van der Waals surface area contributed by atoms with Crippen molar-refractivity contribution in [2.75, 3.05) is 19.8 Å². The number of imide groups is 1. The van der Waals surface area contributed by atoms with Crippen LogP contribution >= 0.6 is 27.7 Å². The van der Waals surface area contributed by atoms with E-state index in [0.717, 1.165) is 26.7 Å². The number of nitrogens with zero attached hydrogens (tertiary/aromatic N) is 1. The van der Waals surface area contributed by atoms with Crippen LogP contribution in [0.15, 0.2) is 27.6 Å². The van der Waals surface area contributed by atoms with E-state index in [4.69, 9.17) is 9.47 Å². The third-order valence-corrected chi connectivity index (χ3v) is 4.82. The number of hydrogen-bond acceptors (Lipinski definition) is 6. The van der Waals surface area contributed by atoms with Crippen LogP contribution in [-0.2, 0) is 14.3 Å². The summed E-state index contributed by atoms with van der Waals surface area (Å²) in [6, 6.07) is 5.43. The molecule has 8 heteroatoms. The number of rotatable bonds is 7. The summed E-state index contributed by atoms with van der Waals surface area (Å²) in [6.45, 7) is 6.22. The summed E-state index contributed by atoms with van der Waals surface area (Å²) in [7, 11) is 0. The van der Waals surface area contributed by atoms with E-state index in [-0.39, 0.29) is 18.1 Å². The predicted octanol–water partition coefficient (Wildman–Crippen LogP) is 4.08. The highest BCUT2D eigenvalue weighted by molar-refractivity contribution is 9.10. The quantitative estimate of drug-likeness (QED) is 0.468. The molecule has 1 heterocycles. The van der Waals surface area contributed by atoms with Crippen molar-refractivity contribution < 1.29 is 23.9 Å². The van der Waals surface area contributed by atoms with Gasteiger partial charge in [0.1, 0.15) is 12.3 Å². The summed E-state index contributed by atoms with van der Waals surface area (Å²) in [4.78, 5) is 37.0. The Labute approximate surface area is 165 Å². The van der Waals surface area contributed by atoms with Gasteiger partial charge in [-0.1, -0.05) is 19.9 Å². The Bertz CT molecular complexity index is 747. The molecule has 0 spiro atoms. The number of amides is 2. The summed E-state index contributed by atoms with van der Waals surface area (Å²) in [5.41, 5.74) is 0.746. The van der Waals surface area contributed by atoms with Gasteiger partial charge in [0.2, 0.25) is 0 Å². The number of carbonyl (C=O) groups excluding carboxylic acids is 3. The number of benzene rings is 1. The van der Waals surface area contributed by atoms with Crippen LogP contribution in [0.2, 0.25) is 0 Å². The van der Waals surface area contributed by atoms with E-state index in [2.05, 4.69) is 29.8 Å². The van der Waals surface area contributed by atoms with Gasteiger partial charge in [-0.3, -0.25) is 19.3 Å². The second-order valence-corrected chi connectivity index (χ2v) is 7.82. The van der Waals surface area contributed by atoms with Gasteiger partial charge in [-0.15, -0.1) is 0 Å². The maximum Gasteiger partial charge on any atom is 0.326 e. The molecule has 1 aliphatic heterocycles. The molecule has 140 valence electrons. The molecule has 26 heavy (non-hydrogen) atoms. The fourth-order valence-electron chi connectivity index (χ4n) is 2.10. The molecule has 2 amide bonds. The molecule has 1 aromatic rings. The molecule has 0 aliphatic carbocycles. The van der Waals surface area contributed by atoms with Crippen LogP contribution in [0.25, 0.3) is 6.08 Å². The first-order chi connectivity index (χ1) is 12.3. The topological polar surface area (TPSA) is 72.9 Å². The van der Waals surface area contributed by atoms with Crippen molar-refractivity contribution in [2.24, 2.45) is 5.92 Å². The van der Waals surface area contributed by atoms with E-state index in [9.17, 15) is 14.4 Å². The maximum atomic E-state index is 12.4. The standard InChI is InChI=1S/C18H20BrNO5S/c1-4-24-16(21)9-20-17(22)15(26-18(20)23)8-12-5-6-14(13(19)7-12)25-10-11(2)3/h5-8,11H,4,9-10H2,1-3H3/b15-8+. The lowest BCUT2D eigenvalue weighted by molar-refractivity contribution is -0.145. The van der Waals surface area contributed by atoms with E-state index in [1.807, 2.05) is 6.07 Å². The molecule has 0 bridgehead atoms. The first kappa shape index (κ1) is 20.5. The van der Waals surface area contributed by atoms with Gasteiger partial charge in [0.15, 0.2) is 0 Å².